The Hall–Kier alpha value is -1.72. The number of methoxy groups -OCH3 is 1. The Kier molecular flexibility index (Phi) is 4.21. The van der Waals surface area contributed by atoms with E-state index in [4.69, 9.17) is 9.47 Å². The van der Waals surface area contributed by atoms with Crippen LogP contribution in [0.15, 0.2) is 18.2 Å². The van der Waals surface area contributed by atoms with Crippen molar-refractivity contribution in [3.63, 3.8) is 0 Å². The summed E-state index contributed by atoms with van der Waals surface area (Å²) in [5, 5.41) is 0. The second-order valence-electron chi connectivity index (χ2n) is 3.69. The van der Waals surface area contributed by atoms with Crippen LogP contribution < -0.4 is 9.47 Å². The molecule has 0 aliphatic carbocycles. The van der Waals surface area contributed by atoms with Crippen molar-refractivity contribution in [2.45, 2.75) is 26.1 Å². The Morgan fingerprint density at radius 2 is 1.94 bits per heavy atom. The van der Waals surface area contributed by atoms with Crippen LogP contribution in [0.1, 0.15) is 24.2 Å². The first-order valence-electron chi connectivity index (χ1n) is 5.18. The number of carbonyl (C=O) groups excluding carboxylic acids is 1. The molecule has 1 atom stereocenters. The van der Waals surface area contributed by atoms with Gasteiger partial charge in [-0.15, -0.1) is 0 Å². The molecule has 0 saturated heterocycles. The Morgan fingerprint density at radius 1 is 1.33 bits per heavy atom. The van der Waals surface area contributed by atoms with E-state index < -0.39 is 18.1 Å². The van der Waals surface area contributed by atoms with Crippen molar-refractivity contribution >= 4 is 5.78 Å². The summed E-state index contributed by atoms with van der Waals surface area (Å²) < 4.78 is 47.1. The fourth-order valence-corrected chi connectivity index (χ4v) is 1.32. The lowest BCUT2D eigenvalue weighted by Crippen LogP contribution is -2.31. The maximum Gasteiger partial charge on any atom is 0.425 e. The maximum absolute atomic E-state index is 12.5. The Bertz CT molecular complexity index is 441. The molecule has 0 saturated carbocycles. The van der Waals surface area contributed by atoms with Gasteiger partial charge < -0.3 is 9.47 Å². The number of para-hydroxylation sites is 1. The van der Waals surface area contributed by atoms with Gasteiger partial charge in [0.15, 0.2) is 23.4 Å². The Labute approximate surface area is 103 Å². The average molecular weight is 262 g/mol. The topological polar surface area (TPSA) is 35.5 Å². The molecule has 0 aliphatic heterocycles. The minimum atomic E-state index is -4.51. The van der Waals surface area contributed by atoms with Gasteiger partial charge in [0.05, 0.1) is 12.7 Å². The molecule has 0 bridgehead atoms. The number of alkyl halides is 3. The normalized spacial score (nSPS) is 13.0. The van der Waals surface area contributed by atoms with Crippen molar-refractivity contribution < 1.29 is 27.4 Å². The molecule has 1 rings (SSSR count). The van der Waals surface area contributed by atoms with Gasteiger partial charge in [0, 0.05) is 0 Å². The second kappa shape index (κ2) is 5.29. The summed E-state index contributed by atoms with van der Waals surface area (Å²) in [6.45, 7) is 2.12. The molecule has 0 N–H and O–H groups in total. The van der Waals surface area contributed by atoms with Crippen molar-refractivity contribution in [2.24, 2.45) is 0 Å². The standard InChI is InChI=1S/C12H13F3O3/c1-7(16)9-5-4-6-10(17-3)11(9)18-8(2)12(13,14)15/h4-6,8H,1-3H3. The van der Waals surface area contributed by atoms with E-state index in [0.717, 1.165) is 6.92 Å². The third-order valence-corrected chi connectivity index (χ3v) is 2.33. The van der Waals surface area contributed by atoms with E-state index in [1.807, 2.05) is 0 Å². The molecule has 1 unspecified atom stereocenters. The van der Waals surface area contributed by atoms with Crippen LogP contribution in [0.4, 0.5) is 13.2 Å². The van der Waals surface area contributed by atoms with Gasteiger partial charge in [-0.25, -0.2) is 0 Å². The quantitative estimate of drug-likeness (QED) is 0.781. The monoisotopic (exact) mass is 262 g/mol. The Morgan fingerprint density at radius 3 is 2.39 bits per heavy atom. The lowest BCUT2D eigenvalue weighted by molar-refractivity contribution is -0.189. The number of hydrogen-bond acceptors (Lipinski definition) is 3. The summed E-state index contributed by atoms with van der Waals surface area (Å²) in [4.78, 5) is 11.3. The van der Waals surface area contributed by atoms with Crippen molar-refractivity contribution in [1.29, 1.82) is 0 Å². The molecular weight excluding hydrogens is 249 g/mol. The number of Topliss-reactive ketones (excluding diaryl/α,β-unsaturated/α-hetero) is 1. The van der Waals surface area contributed by atoms with Gasteiger partial charge in [0.1, 0.15) is 0 Å². The van der Waals surface area contributed by atoms with E-state index >= 15 is 0 Å². The zero-order chi connectivity index (χ0) is 13.9. The first-order valence-corrected chi connectivity index (χ1v) is 5.18. The summed E-state index contributed by atoms with van der Waals surface area (Å²) in [5.41, 5.74) is 0.0606. The summed E-state index contributed by atoms with van der Waals surface area (Å²) >= 11 is 0. The maximum atomic E-state index is 12.5. The van der Waals surface area contributed by atoms with Crippen LogP contribution in [0.3, 0.4) is 0 Å². The van der Waals surface area contributed by atoms with E-state index in [1.165, 1.54) is 32.2 Å². The number of carbonyl (C=O) groups is 1. The molecule has 0 spiro atoms. The fraction of sp³-hybridized carbons (Fsp3) is 0.417. The summed E-state index contributed by atoms with van der Waals surface area (Å²) in [6, 6.07) is 4.34. The first kappa shape index (κ1) is 14.3. The van der Waals surface area contributed by atoms with E-state index in [-0.39, 0.29) is 17.1 Å². The highest BCUT2D eigenvalue weighted by Gasteiger charge is 2.39. The lowest BCUT2D eigenvalue weighted by Gasteiger charge is -2.20. The average Bonchev–Trinajstić information content (AvgIpc) is 2.27. The minimum absolute atomic E-state index is 0.0606. The smallest absolute Gasteiger partial charge is 0.425 e. The molecule has 0 radical (unpaired) electrons. The van der Waals surface area contributed by atoms with E-state index in [1.54, 1.807) is 0 Å². The largest absolute Gasteiger partial charge is 0.493 e. The van der Waals surface area contributed by atoms with Gasteiger partial charge in [-0.05, 0) is 26.0 Å². The molecule has 0 fully saturated rings. The minimum Gasteiger partial charge on any atom is -0.493 e. The van der Waals surface area contributed by atoms with Crippen molar-refractivity contribution in [1.82, 2.24) is 0 Å². The van der Waals surface area contributed by atoms with Crippen LogP contribution in [-0.2, 0) is 0 Å². The van der Waals surface area contributed by atoms with E-state index in [0.29, 0.717) is 0 Å². The SMILES string of the molecule is COc1cccc(C(C)=O)c1OC(C)C(F)(F)F. The number of rotatable bonds is 4. The van der Waals surface area contributed by atoms with Crippen LogP contribution in [0.2, 0.25) is 0 Å². The van der Waals surface area contributed by atoms with Crippen LogP contribution >= 0.6 is 0 Å². The molecular formula is C12H13F3O3. The van der Waals surface area contributed by atoms with Crippen LogP contribution in [0.5, 0.6) is 11.5 Å². The molecule has 3 nitrogen and oxygen atoms in total. The molecule has 1 aromatic rings. The van der Waals surface area contributed by atoms with Gasteiger partial charge in [-0.3, -0.25) is 4.79 Å². The van der Waals surface area contributed by atoms with Crippen molar-refractivity contribution in [3.8, 4) is 11.5 Å². The van der Waals surface area contributed by atoms with Crippen LogP contribution in [0.25, 0.3) is 0 Å². The van der Waals surface area contributed by atoms with Gasteiger partial charge in [-0.2, -0.15) is 13.2 Å². The molecule has 6 heteroatoms. The van der Waals surface area contributed by atoms with E-state index in [9.17, 15) is 18.0 Å². The summed E-state index contributed by atoms with van der Waals surface area (Å²) in [6.07, 6.45) is -6.53. The third-order valence-electron chi connectivity index (χ3n) is 2.33. The third kappa shape index (κ3) is 3.15. The lowest BCUT2D eigenvalue weighted by atomic mass is 10.1. The highest BCUT2D eigenvalue weighted by atomic mass is 19.4. The number of hydrogen-bond donors (Lipinski definition) is 0. The van der Waals surface area contributed by atoms with Gasteiger partial charge in [0.2, 0.25) is 0 Å². The highest BCUT2D eigenvalue weighted by Crippen LogP contribution is 2.34. The number of ketones is 1. The summed E-state index contributed by atoms with van der Waals surface area (Å²) in [7, 11) is 1.30. The number of benzene rings is 1. The van der Waals surface area contributed by atoms with Gasteiger partial charge in [-0.1, -0.05) is 6.07 Å². The molecule has 0 aliphatic rings. The number of halogens is 3. The predicted molar refractivity (Wildman–Crippen MR) is 59.1 cm³/mol. The molecule has 0 heterocycles. The van der Waals surface area contributed by atoms with Gasteiger partial charge >= 0.3 is 6.18 Å². The van der Waals surface area contributed by atoms with E-state index in [2.05, 4.69) is 0 Å². The molecule has 1 aromatic carbocycles. The number of ether oxygens (including phenoxy) is 2. The zero-order valence-electron chi connectivity index (χ0n) is 10.2. The molecule has 0 amide bonds. The van der Waals surface area contributed by atoms with Crippen molar-refractivity contribution in [2.75, 3.05) is 7.11 Å². The fourth-order valence-electron chi connectivity index (χ4n) is 1.32. The van der Waals surface area contributed by atoms with Crippen LogP contribution in [-0.4, -0.2) is 25.2 Å². The molecule has 100 valence electrons. The highest BCUT2D eigenvalue weighted by molar-refractivity contribution is 5.97. The zero-order valence-corrected chi connectivity index (χ0v) is 10.2. The van der Waals surface area contributed by atoms with Crippen LogP contribution in [0, 0.1) is 0 Å². The Balaban J connectivity index is 3.17. The summed E-state index contributed by atoms with van der Waals surface area (Å²) in [5.74, 6) is -0.477. The second-order valence-corrected chi connectivity index (χ2v) is 3.69. The molecule has 18 heavy (non-hydrogen) atoms. The first-order chi connectivity index (χ1) is 8.27. The molecule has 0 aromatic heterocycles. The van der Waals surface area contributed by atoms with Gasteiger partial charge in [0.25, 0.3) is 0 Å². The van der Waals surface area contributed by atoms with Crippen molar-refractivity contribution in [3.05, 3.63) is 23.8 Å². The predicted octanol–water partition coefficient (Wildman–Crippen LogP) is 3.23.